The molecule has 1 heterocycles. The molecule has 1 aliphatic rings. The Morgan fingerprint density at radius 2 is 1.58 bits per heavy atom. The van der Waals surface area contributed by atoms with E-state index in [1.807, 2.05) is 48.2 Å². The van der Waals surface area contributed by atoms with Crippen LogP contribution in [0.3, 0.4) is 0 Å². The van der Waals surface area contributed by atoms with Crippen LogP contribution in [0.25, 0.3) is 0 Å². The third-order valence-electron chi connectivity index (χ3n) is 4.71. The molecule has 0 N–H and O–H groups in total. The fraction of sp³-hybridized carbons (Fsp3) is 0.381. The van der Waals surface area contributed by atoms with Crippen molar-refractivity contribution in [2.24, 2.45) is 0 Å². The summed E-state index contributed by atoms with van der Waals surface area (Å²) in [5, 5.41) is 0. The minimum absolute atomic E-state index is 0.0882. The van der Waals surface area contributed by atoms with Crippen molar-refractivity contribution in [3.63, 3.8) is 0 Å². The minimum atomic E-state index is 0.0882. The average Bonchev–Trinajstić information content (AvgIpc) is 2.63. The molecule has 3 heteroatoms. The van der Waals surface area contributed by atoms with E-state index in [-0.39, 0.29) is 24.0 Å². The van der Waals surface area contributed by atoms with Gasteiger partial charge in [-0.25, -0.2) is 0 Å². The number of morpholine rings is 1. The number of rotatable bonds is 4. The third kappa shape index (κ3) is 3.85. The van der Waals surface area contributed by atoms with Gasteiger partial charge >= 0.3 is 0 Å². The van der Waals surface area contributed by atoms with Gasteiger partial charge in [-0.15, -0.1) is 0 Å². The maximum atomic E-state index is 13.0. The van der Waals surface area contributed by atoms with Crippen LogP contribution in [0.1, 0.15) is 37.3 Å². The molecule has 0 bridgehead atoms. The summed E-state index contributed by atoms with van der Waals surface area (Å²) in [5.41, 5.74) is 2.37. The zero-order valence-electron chi connectivity index (χ0n) is 14.4. The second kappa shape index (κ2) is 7.63. The van der Waals surface area contributed by atoms with Crippen LogP contribution in [0.4, 0.5) is 0 Å². The lowest BCUT2D eigenvalue weighted by molar-refractivity contribution is -0.143. The van der Waals surface area contributed by atoms with Gasteiger partial charge in [0.15, 0.2) is 0 Å². The Morgan fingerprint density at radius 1 is 1.04 bits per heavy atom. The molecule has 1 amide bonds. The largest absolute Gasteiger partial charge is 0.375 e. The van der Waals surface area contributed by atoms with Crippen molar-refractivity contribution in [1.29, 1.82) is 0 Å². The van der Waals surface area contributed by atoms with Crippen molar-refractivity contribution in [1.82, 2.24) is 4.90 Å². The van der Waals surface area contributed by atoms with Crippen molar-refractivity contribution in [2.75, 3.05) is 13.2 Å². The van der Waals surface area contributed by atoms with Crippen LogP contribution in [0, 0.1) is 0 Å². The van der Waals surface area contributed by atoms with Crippen molar-refractivity contribution in [3.8, 4) is 0 Å². The summed E-state index contributed by atoms with van der Waals surface area (Å²) < 4.78 is 5.65. The standard InChI is InChI=1S/C21H25NO2/c1-16-15-24-17(2)14-22(16)21(23)13-20(18-9-5-3-6-10-18)19-11-7-4-8-12-19/h3-12,16-17,20H,13-15H2,1-2H3. The van der Waals surface area contributed by atoms with Gasteiger partial charge in [0, 0.05) is 18.9 Å². The summed E-state index contributed by atoms with van der Waals surface area (Å²) in [7, 11) is 0. The summed E-state index contributed by atoms with van der Waals surface area (Å²) in [4.78, 5) is 15.0. The number of carbonyl (C=O) groups is 1. The van der Waals surface area contributed by atoms with E-state index in [0.717, 1.165) is 0 Å². The van der Waals surface area contributed by atoms with Gasteiger partial charge in [-0.1, -0.05) is 60.7 Å². The maximum absolute atomic E-state index is 13.0. The summed E-state index contributed by atoms with van der Waals surface area (Å²) in [5.74, 6) is 0.292. The molecular weight excluding hydrogens is 298 g/mol. The molecule has 126 valence electrons. The summed E-state index contributed by atoms with van der Waals surface area (Å²) in [6, 6.07) is 20.7. The molecule has 2 unspecified atom stereocenters. The maximum Gasteiger partial charge on any atom is 0.223 e. The van der Waals surface area contributed by atoms with Gasteiger partial charge in [0.05, 0.1) is 18.8 Å². The molecule has 1 fully saturated rings. The molecule has 1 saturated heterocycles. The van der Waals surface area contributed by atoms with Crippen LogP contribution in [0.2, 0.25) is 0 Å². The molecule has 0 aliphatic carbocycles. The molecule has 0 spiro atoms. The lowest BCUT2D eigenvalue weighted by Gasteiger charge is -2.37. The normalized spacial score (nSPS) is 21.0. The Balaban J connectivity index is 1.83. The smallest absolute Gasteiger partial charge is 0.223 e. The molecule has 24 heavy (non-hydrogen) atoms. The minimum Gasteiger partial charge on any atom is -0.375 e. The number of benzene rings is 2. The van der Waals surface area contributed by atoms with Crippen LogP contribution in [0.5, 0.6) is 0 Å². The molecule has 2 aromatic carbocycles. The third-order valence-corrected chi connectivity index (χ3v) is 4.71. The molecule has 3 rings (SSSR count). The Morgan fingerprint density at radius 3 is 2.12 bits per heavy atom. The first-order chi connectivity index (χ1) is 11.6. The van der Waals surface area contributed by atoms with E-state index in [4.69, 9.17) is 4.74 Å². The van der Waals surface area contributed by atoms with E-state index < -0.39 is 0 Å². The number of hydrogen-bond donors (Lipinski definition) is 0. The quantitative estimate of drug-likeness (QED) is 0.855. The fourth-order valence-corrected chi connectivity index (χ4v) is 3.34. The van der Waals surface area contributed by atoms with Gasteiger partial charge in [-0.2, -0.15) is 0 Å². The van der Waals surface area contributed by atoms with Crippen molar-refractivity contribution in [3.05, 3.63) is 71.8 Å². The van der Waals surface area contributed by atoms with E-state index in [9.17, 15) is 4.79 Å². The zero-order valence-corrected chi connectivity index (χ0v) is 14.4. The second-order valence-electron chi connectivity index (χ2n) is 6.62. The highest BCUT2D eigenvalue weighted by Crippen LogP contribution is 2.29. The Kier molecular flexibility index (Phi) is 5.31. The van der Waals surface area contributed by atoms with Gasteiger partial charge in [-0.3, -0.25) is 4.79 Å². The van der Waals surface area contributed by atoms with Crippen LogP contribution in [-0.2, 0) is 9.53 Å². The second-order valence-corrected chi connectivity index (χ2v) is 6.62. The Hall–Kier alpha value is -2.13. The van der Waals surface area contributed by atoms with Crippen LogP contribution >= 0.6 is 0 Å². The van der Waals surface area contributed by atoms with Crippen molar-refractivity contribution >= 4 is 5.91 Å². The number of carbonyl (C=O) groups excluding carboxylic acids is 1. The van der Waals surface area contributed by atoms with E-state index >= 15 is 0 Å². The fourth-order valence-electron chi connectivity index (χ4n) is 3.34. The van der Waals surface area contributed by atoms with Gasteiger partial charge in [0.25, 0.3) is 0 Å². The van der Waals surface area contributed by atoms with Gasteiger partial charge in [0.1, 0.15) is 0 Å². The first-order valence-corrected chi connectivity index (χ1v) is 8.66. The Labute approximate surface area is 144 Å². The van der Waals surface area contributed by atoms with Crippen LogP contribution < -0.4 is 0 Å². The lowest BCUT2D eigenvalue weighted by atomic mass is 9.88. The SMILES string of the molecule is CC1CN(C(=O)CC(c2ccccc2)c2ccccc2)C(C)CO1. The summed E-state index contributed by atoms with van der Waals surface area (Å²) in [6.45, 7) is 5.38. The van der Waals surface area contributed by atoms with Crippen molar-refractivity contribution in [2.45, 2.75) is 38.3 Å². The first kappa shape index (κ1) is 16.7. The lowest BCUT2D eigenvalue weighted by Crippen LogP contribution is -2.50. The number of nitrogens with zero attached hydrogens (tertiary/aromatic N) is 1. The predicted molar refractivity (Wildman–Crippen MR) is 95.9 cm³/mol. The Bertz CT molecular complexity index is 617. The molecular formula is C21H25NO2. The van der Waals surface area contributed by atoms with E-state index in [1.54, 1.807) is 0 Å². The monoisotopic (exact) mass is 323 g/mol. The highest BCUT2D eigenvalue weighted by molar-refractivity contribution is 5.78. The van der Waals surface area contributed by atoms with E-state index in [2.05, 4.69) is 31.2 Å². The highest BCUT2D eigenvalue weighted by atomic mass is 16.5. The molecule has 0 saturated carbocycles. The molecule has 2 aromatic rings. The molecule has 0 aromatic heterocycles. The molecule has 2 atom stereocenters. The highest BCUT2D eigenvalue weighted by Gasteiger charge is 2.29. The number of amides is 1. The van der Waals surface area contributed by atoms with Crippen LogP contribution in [-0.4, -0.2) is 36.1 Å². The molecule has 1 aliphatic heterocycles. The van der Waals surface area contributed by atoms with Gasteiger partial charge in [-0.05, 0) is 25.0 Å². The summed E-state index contributed by atoms with van der Waals surface area (Å²) >= 11 is 0. The number of ether oxygens (including phenoxy) is 1. The predicted octanol–water partition coefficient (Wildman–Crippen LogP) is 3.84. The zero-order chi connectivity index (χ0) is 16.9. The van der Waals surface area contributed by atoms with Gasteiger partial charge < -0.3 is 9.64 Å². The summed E-state index contributed by atoms with van der Waals surface area (Å²) in [6.07, 6.45) is 0.600. The van der Waals surface area contributed by atoms with Crippen LogP contribution in [0.15, 0.2) is 60.7 Å². The van der Waals surface area contributed by atoms with Gasteiger partial charge in [0.2, 0.25) is 5.91 Å². The van der Waals surface area contributed by atoms with Crippen molar-refractivity contribution < 1.29 is 9.53 Å². The van der Waals surface area contributed by atoms with E-state index in [1.165, 1.54) is 11.1 Å². The molecule has 0 radical (unpaired) electrons. The van der Waals surface area contributed by atoms with E-state index in [0.29, 0.717) is 19.6 Å². The average molecular weight is 323 g/mol. The topological polar surface area (TPSA) is 29.5 Å². The first-order valence-electron chi connectivity index (χ1n) is 8.66. The molecule has 3 nitrogen and oxygen atoms in total. The number of hydrogen-bond acceptors (Lipinski definition) is 2.